The number of hydrogen-bond donors (Lipinski definition) is 3. The van der Waals surface area contributed by atoms with Crippen LogP contribution in [0.15, 0.2) is 48.8 Å². The molecule has 0 fully saturated rings. The molecule has 3 aromatic rings. The number of benzene rings is 1. The molecule has 0 saturated carbocycles. The molecule has 3 heterocycles. The summed E-state index contributed by atoms with van der Waals surface area (Å²) in [4.78, 5) is 23.6. The van der Waals surface area contributed by atoms with E-state index in [1.165, 1.54) is 0 Å². The Morgan fingerprint density at radius 3 is 2.95 bits per heavy atom. The number of nitrogens with one attached hydrogen (secondary N) is 3. The topological polar surface area (TPSA) is 82.7 Å². The molecule has 0 radical (unpaired) electrons. The highest BCUT2D eigenvalue weighted by Crippen LogP contribution is 2.29. The first-order chi connectivity index (χ1) is 10.3. The Bertz CT molecular complexity index is 847. The number of aromatic nitrogens is 3. The number of carbonyl (C=O) groups excluding carboxylic acids is 1. The van der Waals surface area contributed by atoms with Gasteiger partial charge in [0.15, 0.2) is 0 Å². The van der Waals surface area contributed by atoms with Crippen molar-refractivity contribution in [2.45, 2.75) is 0 Å². The summed E-state index contributed by atoms with van der Waals surface area (Å²) in [6.45, 7) is 0. The van der Waals surface area contributed by atoms with Gasteiger partial charge in [0.1, 0.15) is 5.82 Å². The maximum Gasteiger partial charge on any atom is 0.259 e. The van der Waals surface area contributed by atoms with Gasteiger partial charge in [0.2, 0.25) is 5.95 Å². The number of rotatable bonds is 2. The minimum atomic E-state index is -0.174. The predicted molar refractivity (Wildman–Crippen MR) is 80.6 cm³/mol. The molecule has 6 nitrogen and oxygen atoms in total. The third-order valence-electron chi connectivity index (χ3n) is 3.32. The van der Waals surface area contributed by atoms with Gasteiger partial charge < -0.3 is 15.6 Å². The highest BCUT2D eigenvalue weighted by Gasteiger charge is 2.24. The first-order valence-electron chi connectivity index (χ1n) is 6.49. The molecule has 3 N–H and O–H groups in total. The molecule has 1 aliphatic heterocycles. The van der Waals surface area contributed by atoms with Gasteiger partial charge in [-0.3, -0.25) is 4.79 Å². The summed E-state index contributed by atoms with van der Waals surface area (Å²) >= 11 is 0. The number of imidazole rings is 1. The van der Waals surface area contributed by atoms with E-state index in [9.17, 15) is 4.79 Å². The Labute approximate surface area is 119 Å². The number of fused-ring (bicyclic) bond motifs is 2. The molecule has 0 bridgehead atoms. The fourth-order valence-corrected chi connectivity index (χ4v) is 2.32. The first-order valence-corrected chi connectivity index (χ1v) is 6.49. The minimum absolute atomic E-state index is 0.174. The Hall–Kier alpha value is -3.15. The van der Waals surface area contributed by atoms with Gasteiger partial charge in [0.05, 0.1) is 16.6 Å². The van der Waals surface area contributed by atoms with Gasteiger partial charge >= 0.3 is 0 Å². The lowest BCUT2D eigenvalue weighted by Crippen LogP contribution is -2.05. The summed E-state index contributed by atoms with van der Waals surface area (Å²) in [6, 6.07) is 11.4. The van der Waals surface area contributed by atoms with E-state index in [4.69, 9.17) is 0 Å². The SMILES string of the molecule is O=C1Nc2ncccc2/C1=C/Nc1nc2ccccc2[nH]1. The van der Waals surface area contributed by atoms with Gasteiger partial charge in [0, 0.05) is 18.0 Å². The standard InChI is InChI=1S/C15H11N5O/c21-14-10(9-4-3-7-16-13(9)20-14)8-17-15-18-11-5-1-2-6-12(11)19-15/h1-8H,(H,16,20,21)(H2,17,18,19)/b10-8-. The summed E-state index contributed by atoms with van der Waals surface area (Å²) in [5.41, 5.74) is 3.14. The van der Waals surface area contributed by atoms with Gasteiger partial charge in [-0.2, -0.15) is 0 Å². The average molecular weight is 277 g/mol. The van der Waals surface area contributed by atoms with Gasteiger partial charge in [-0.15, -0.1) is 0 Å². The number of hydrogen-bond acceptors (Lipinski definition) is 4. The minimum Gasteiger partial charge on any atom is -0.332 e. The monoisotopic (exact) mass is 277 g/mol. The number of anilines is 2. The van der Waals surface area contributed by atoms with Gasteiger partial charge in [-0.05, 0) is 24.3 Å². The van der Waals surface area contributed by atoms with E-state index in [0.717, 1.165) is 16.6 Å². The zero-order valence-electron chi connectivity index (χ0n) is 10.9. The van der Waals surface area contributed by atoms with Crippen molar-refractivity contribution in [3.05, 3.63) is 54.4 Å². The van der Waals surface area contributed by atoms with Crippen LogP contribution in [0.5, 0.6) is 0 Å². The number of carbonyl (C=O) groups is 1. The largest absolute Gasteiger partial charge is 0.332 e. The predicted octanol–water partition coefficient (Wildman–Crippen LogP) is 2.36. The molecule has 4 rings (SSSR count). The van der Waals surface area contributed by atoms with E-state index in [-0.39, 0.29) is 5.91 Å². The van der Waals surface area contributed by atoms with Crippen LogP contribution in [0.4, 0.5) is 11.8 Å². The maximum absolute atomic E-state index is 11.9. The molecule has 0 aliphatic carbocycles. The number of nitrogens with zero attached hydrogens (tertiary/aromatic N) is 2. The van der Waals surface area contributed by atoms with Crippen LogP contribution in [-0.2, 0) is 4.79 Å². The third kappa shape index (κ3) is 1.93. The number of para-hydroxylation sites is 2. The summed E-state index contributed by atoms with van der Waals surface area (Å²) < 4.78 is 0. The van der Waals surface area contributed by atoms with Crippen LogP contribution in [0.3, 0.4) is 0 Å². The van der Waals surface area contributed by atoms with E-state index in [1.807, 2.05) is 30.3 Å². The van der Waals surface area contributed by atoms with Crippen molar-refractivity contribution in [3.63, 3.8) is 0 Å². The second kappa shape index (κ2) is 4.45. The Morgan fingerprint density at radius 1 is 1.14 bits per heavy atom. The average Bonchev–Trinajstić information content (AvgIpc) is 3.04. The molecule has 1 amide bonds. The highest BCUT2D eigenvalue weighted by atomic mass is 16.2. The van der Waals surface area contributed by atoms with E-state index < -0.39 is 0 Å². The highest BCUT2D eigenvalue weighted by molar-refractivity contribution is 6.31. The Kier molecular flexibility index (Phi) is 2.47. The van der Waals surface area contributed by atoms with Crippen LogP contribution in [0.1, 0.15) is 5.56 Å². The van der Waals surface area contributed by atoms with E-state index in [1.54, 1.807) is 18.5 Å². The smallest absolute Gasteiger partial charge is 0.259 e. The molecule has 102 valence electrons. The first kappa shape index (κ1) is 11.7. The fourth-order valence-electron chi connectivity index (χ4n) is 2.32. The summed E-state index contributed by atoms with van der Waals surface area (Å²) in [6.07, 6.45) is 3.29. The van der Waals surface area contributed by atoms with Gasteiger partial charge in [-0.1, -0.05) is 12.1 Å². The van der Waals surface area contributed by atoms with E-state index >= 15 is 0 Å². The van der Waals surface area contributed by atoms with Crippen LogP contribution in [0, 0.1) is 0 Å². The number of aromatic amines is 1. The molecular formula is C15H11N5O. The molecule has 21 heavy (non-hydrogen) atoms. The summed E-state index contributed by atoms with van der Waals surface area (Å²) in [5, 5.41) is 5.75. The molecular weight excluding hydrogens is 266 g/mol. The quantitative estimate of drug-likeness (QED) is 0.628. The Balaban J connectivity index is 1.67. The number of amides is 1. The second-order valence-electron chi connectivity index (χ2n) is 4.66. The van der Waals surface area contributed by atoms with Gasteiger partial charge in [-0.25, -0.2) is 9.97 Å². The number of H-pyrrole nitrogens is 1. The maximum atomic E-state index is 11.9. The van der Waals surface area contributed by atoms with Crippen LogP contribution in [-0.4, -0.2) is 20.9 Å². The van der Waals surface area contributed by atoms with Crippen LogP contribution in [0.2, 0.25) is 0 Å². The lowest BCUT2D eigenvalue weighted by Gasteiger charge is -1.98. The van der Waals surface area contributed by atoms with Crippen LogP contribution < -0.4 is 10.6 Å². The van der Waals surface area contributed by atoms with Crippen LogP contribution >= 0.6 is 0 Å². The van der Waals surface area contributed by atoms with Crippen molar-refractivity contribution in [1.29, 1.82) is 0 Å². The number of pyridine rings is 1. The lowest BCUT2D eigenvalue weighted by molar-refractivity contribution is -0.110. The molecule has 1 aromatic carbocycles. The molecule has 0 saturated heterocycles. The summed E-state index contributed by atoms with van der Waals surface area (Å²) in [5.74, 6) is 1.00. The van der Waals surface area contributed by atoms with E-state index in [2.05, 4.69) is 25.6 Å². The lowest BCUT2D eigenvalue weighted by atomic mass is 10.1. The van der Waals surface area contributed by atoms with Crippen molar-refractivity contribution < 1.29 is 4.79 Å². The fraction of sp³-hybridized carbons (Fsp3) is 0. The molecule has 0 spiro atoms. The van der Waals surface area contributed by atoms with Crippen molar-refractivity contribution in [2.75, 3.05) is 10.6 Å². The second-order valence-corrected chi connectivity index (χ2v) is 4.66. The van der Waals surface area contributed by atoms with Crippen LogP contribution in [0.25, 0.3) is 16.6 Å². The van der Waals surface area contributed by atoms with Crippen molar-refractivity contribution >= 4 is 34.3 Å². The molecule has 0 atom stereocenters. The van der Waals surface area contributed by atoms with Crippen molar-refractivity contribution in [1.82, 2.24) is 15.0 Å². The van der Waals surface area contributed by atoms with Crippen molar-refractivity contribution in [2.24, 2.45) is 0 Å². The molecule has 2 aromatic heterocycles. The molecule has 0 unspecified atom stereocenters. The normalized spacial score (nSPS) is 15.2. The zero-order chi connectivity index (χ0) is 14.2. The molecule has 1 aliphatic rings. The third-order valence-corrected chi connectivity index (χ3v) is 3.32. The van der Waals surface area contributed by atoms with Crippen molar-refractivity contribution in [3.8, 4) is 0 Å². The molecule has 6 heteroatoms. The van der Waals surface area contributed by atoms with E-state index in [0.29, 0.717) is 17.3 Å². The van der Waals surface area contributed by atoms with Gasteiger partial charge in [0.25, 0.3) is 5.91 Å². The Morgan fingerprint density at radius 2 is 2.05 bits per heavy atom. The zero-order valence-corrected chi connectivity index (χ0v) is 10.9. The summed E-state index contributed by atoms with van der Waals surface area (Å²) in [7, 11) is 0.